The minimum absolute atomic E-state index is 0.0808. The van der Waals surface area contributed by atoms with Crippen molar-refractivity contribution >= 4 is 23.0 Å². The Hall–Kier alpha value is -3.23. The summed E-state index contributed by atoms with van der Waals surface area (Å²) >= 11 is 0. The second-order valence-corrected chi connectivity index (χ2v) is 6.36. The lowest BCUT2D eigenvalue weighted by atomic mass is 10.1. The van der Waals surface area contributed by atoms with Crippen molar-refractivity contribution < 1.29 is 9.53 Å². The summed E-state index contributed by atoms with van der Waals surface area (Å²) in [6.45, 7) is 0. The van der Waals surface area contributed by atoms with Gasteiger partial charge in [0.15, 0.2) is 11.2 Å². The molecule has 2 aromatic heterocycles. The minimum Gasteiger partial charge on any atom is -0.497 e. The van der Waals surface area contributed by atoms with Crippen LogP contribution in [0.2, 0.25) is 0 Å². The predicted molar refractivity (Wildman–Crippen MR) is 95.0 cm³/mol. The van der Waals surface area contributed by atoms with Crippen LogP contribution in [0.25, 0.3) is 16.9 Å². The number of primary amides is 1. The first kappa shape index (κ1) is 16.2. The molecular weight excluding hydrogens is 334 g/mol. The molecule has 1 aromatic carbocycles. The summed E-state index contributed by atoms with van der Waals surface area (Å²) in [5, 5.41) is 11.6. The number of hydrogen-bond donors (Lipinski definition) is 2. The Morgan fingerprint density at radius 1 is 1.31 bits per heavy atom. The molecule has 1 fully saturated rings. The lowest BCUT2D eigenvalue weighted by Gasteiger charge is -2.12. The third kappa shape index (κ3) is 3.03. The van der Waals surface area contributed by atoms with E-state index < -0.39 is 0 Å². The molecule has 3 aromatic rings. The molecule has 9 heteroatoms. The third-order valence-electron chi connectivity index (χ3n) is 4.68. The first-order valence-corrected chi connectivity index (χ1v) is 8.43. The zero-order valence-corrected chi connectivity index (χ0v) is 14.3. The normalized spacial score (nSPS) is 19.6. The van der Waals surface area contributed by atoms with Gasteiger partial charge in [0.05, 0.1) is 19.0 Å². The van der Waals surface area contributed by atoms with Gasteiger partial charge in [-0.15, -0.1) is 5.10 Å². The van der Waals surface area contributed by atoms with Gasteiger partial charge in [-0.05, 0) is 43.5 Å². The van der Waals surface area contributed by atoms with Crippen LogP contribution in [0.4, 0.5) is 5.95 Å². The summed E-state index contributed by atoms with van der Waals surface area (Å²) < 4.78 is 6.83. The molecule has 1 aliphatic carbocycles. The number of benzene rings is 1. The van der Waals surface area contributed by atoms with Gasteiger partial charge in [-0.1, -0.05) is 5.21 Å². The number of nitrogens with zero attached hydrogens (tertiary/aromatic N) is 5. The van der Waals surface area contributed by atoms with E-state index in [1.807, 2.05) is 24.3 Å². The van der Waals surface area contributed by atoms with Gasteiger partial charge >= 0.3 is 0 Å². The highest BCUT2D eigenvalue weighted by molar-refractivity contribution is 5.77. The number of nitrogens with two attached hydrogens (primary N) is 1. The zero-order valence-electron chi connectivity index (χ0n) is 14.3. The summed E-state index contributed by atoms with van der Waals surface area (Å²) in [5.74, 6) is 0.931. The summed E-state index contributed by atoms with van der Waals surface area (Å²) in [4.78, 5) is 20.2. The van der Waals surface area contributed by atoms with Gasteiger partial charge in [0.25, 0.3) is 0 Å². The predicted octanol–water partition coefficient (Wildman–Crippen LogP) is 1.28. The van der Waals surface area contributed by atoms with E-state index >= 15 is 0 Å². The van der Waals surface area contributed by atoms with E-state index in [1.54, 1.807) is 18.0 Å². The third-order valence-corrected chi connectivity index (χ3v) is 4.68. The van der Waals surface area contributed by atoms with Crippen LogP contribution in [0.15, 0.2) is 30.5 Å². The van der Waals surface area contributed by atoms with Crippen LogP contribution in [-0.4, -0.2) is 44.0 Å². The molecule has 4 rings (SSSR count). The number of nitrogens with one attached hydrogen (secondary N) is 1. The Morgan fingerprint density at radius 2 is 2.12 bits per heavy atom. The molecule has 0 saturated heterocycles. The monoisotopic (exact) mass is 353 g/mol. The molecule has 0 spiro atoms. The molecule has 134 valence electrons. The van der Waals surface area contributed by atoms with Crippen LogP contribution >= 0.6 is 0 Å². The fourth-order valence-corrected chi connectivity index (χ4v) is 3.25. The molecular formula is C17H19N7O2. The SMILES string of the molecule is COc1ccc(-n2nnc3cnc(N[C@@H]4CC[C@@H](C(N)=O)C4)nc32)cc1. The molecule has 1 amide bonds. The van der Waals surface area contributed by atoms with Gasteiger partial charge in [-0.3, -0.25) is 4.79 Å². The average Bonchev–Trinajstić information content (AvgIpc) is 3.29. The Labute approximate surface area is 149 Å². The number of anilines is 1. The Kier molecular flexibility index (Phi) is 4.11. The van der Waals surface area contributed by atoms with Crippen LogP contribution in [0.3, 0.4) is 0 Å². The second kappa shape index (κ2) is 6.58. The standard InChI is InChI=1S/C17H19N7O2/c1-26-13-6-4-12(5-7-13)24-16-14(22-23-24)9-19-17(21-16)20-11-3-2-10(8-11)15(18)25/h4-7,9-11H,2-3,8H2,1H3,(H2,18,25)(H,19,20,21)/t10-,11-/m1/s1. The van der Waals surface area contributed by atoms with E-state index in [4.69, 9.17) is 10.5 Å². The number of ether oxygens (including phenoxy) is 1. The smallest absolute Gasteiger partial charge is 0.225 e. The van der Waals surface area contributed by atoms with E-state index in [1.165, 1.54) is 0 Å². The number of rotatable bonds is 5. The Bertz CT molecular complexity index is 938. The molecule has 0 bridgehead atoms. The molecule has 0 unspecified atom stereocenters. The van der Waals surface area contributed by atoms with Gasteiger partial charge in [0.1, 0.15) is 5.75 Å². The van der Waals surface area contributed by atoms with Crippen molar-refractivity contribution in [3.05, 3.63) is 30.5 Å². The summed E-state index contributed by atoms with van der Waals surface area (Å²) in [7, 11) is 1.62. The van der Waals surface area contributed by atoms with Gasteiger partial charge < -0.3 is 15.8 Å². The number of carbonyl (C=O) groups excluding carboxylic acids is 1. The molecule has 1 aliphatic rings. The molecule has 0 radical (unpaired) electrons. The zero-order chi connectivity index (χ0) is 18.1. The molecule has 2 heterocycles. The lowest BCUT2D eigenvalue weighted by Crippen LogP contribution is -2.23. The van der Waals surface area contributed by atoms with Crippen molar-refractivity contribution in [1.82, 2.24) is 25.0 Å². The van der Waals surface area contributed by atoms with E-state index in [9.17, 15) is 4.79 Å². The number of aromatic nitrogens is 5. The second-order valence-electron chi connectivity index (χ2n) is 6.36. The summed E-state index contributed by atoms with van der Waals surface area (Å²) in [6, 6.07) is 7.61. The maximum Gasteiger partial charge on any atom is 0.225 e. The summed E-state index contributed by atoms with van der Waals surface area (Å²) in [5.41, 5.74) is 7.43. The molecule has 1 saturated carbocycles. The van der Waals surface area contributed by atoms with Crippen molar-refractivity contribution in [3.63, 3.8) is 0 Å². The van der Waals surface area contributed by atoms with E-state index in [0.717, 1.165) is 24.3 Å². The van der Waals surface area contributed by atoms with E-state index in [-0.39, 0.29) is 17.9 Å². The highest BCUT2D eigenvalue weighted by atomic mass is 16.5. The highest BCUT2D eigenvalue weighted by Gasteiger charge is 2.28. The number of methoxy groups -OCH3 is 1. The fraction of sp³-hybridized carbons (Fsp3) is 0.353. The maximum atomic E-state index is 11.3. The van der Waals surface area contributed by atoms with Crippen molar-refractivity contribution in [2.75, 3.05) is 12.4 Å². The van der Waals surface area contributed by atoms with Crippen molar-refractivity contribution in [2.45, 2.75) is 25.3 Å². The Balaban J connectivity index is 1.59. The van der Waals surface area contributed by atoms with E-state index in [0.29, 0.717) is 23.5 Å². The first-order valence-electron chi connectivity index (χ1n) is 8.43. The molecule has 2 atom stereocenters. The molecule has 3 N–H and O–H groups in total. The molecule has 0 aliphatic heterocycles. The fourth-order valence-electron chi connectivity index (χ4n) is 3.25. The highest BCUT2D eigenvalue weighted by Crippen LogP contribution is 2.27. The average molecular weight is 353 g/mol. The van der Waals surface area contributed by atoms with Crippen LogP contribution in [0.1, 0.15) is 19.3 Å². The van der Waals surface area contributed by atoms with Gasteiger partial charge in [0, 0.05) is 12.0 Å². The number of amides is 1. The first-order chi connectivity index (χ1) is 12.6. The van der Waals surface area contributed by atoms with Gasteiger partial charge in [0.2, 0.25) is 11.9 Å². The van der Waals surface area contributed by atoms with Crippen LogP contribution < -0.4 is 15.8 Å². The Morgan fingerprint density at radius 3 is 2.81 bits per heavy atom. The van der Waals surface area contributed by atoms with Crippen molar-refractivity contribution in [1.29, 1.82) is 0 Å². The minimum atomic E-state index is -0.243. The van der Waals surface area contributed by atoms with Crippen LogP contribution in [0.5, 0.6) is 5.75 Å². The summed E-state index contributed by atoms with van der Waals surface area (Å²) in [6.07, 6.45) is 4.00. The van der Waals surface area contributed by atoms with Gasteiger partial charge in [-0.25, -0.2) is 4.98 Å². The number of carbonyl (C=O) groups is 1. The van der Waals surface area contributed by atoms with Crippen LogP contribution in [-0.2, 0) is 4.79 Å². The van der Waals surface area contributed by atoms with Crippen molar-refractivity contribution in [3.8, 4) is 11.4 Å². The largest absolute Gasteiger partial charge is 0.497 e. The quantitative estimate of drug-likeness (QED) is 0.709. The number of fused-ring (bicyclic) bond motifs is 1. The maximum absolute atomic E-state index is 11.3. The molecule has 9 nitrogen and oxygen atoms in total. The lowest BCUT2D eigenvalue weighted by molar-refractivity contribution is -0.121. The topological polar surface area (TPSA) is 121 Å². The van der Waals surface area contributed by atoms with Crippen molar-refractivity contribution in [2.24, 2.45) is 11.7 Å². The molecule has 26 heavy (non-hydrogen) atoms. The van der Waals surface area contributed by atoms with Crippen LogP contribution in [0, 0.1) is 5.92 Å². The number of hydrogen-bond acceptors (Lipinski definition) is 7. The van der Waals surface area contributed by atoms with E-state index in [2.05, 4.69) is 25.6 Å². The van der Waals surface area contributed by atoms with Gasteiger partial charge in [-0.2, -0.15) is 9.67 Å².